The summed E-state index contributed by atoms with van der Waals surface area (Å²) >= 11 is 0. The predicted octanol–water partition coefficient (Wildman–Crippen LogP) is 3.12. The third kappa shape index (κ3) is 2.88. The van der Waals surface area contributed by atoms with E-state index >= 15 is 0 Å². The lowest BCUT2D eigenvalue weighted by Crippen LogP contribution is -2.43. The maximum absolute atomic E-state index is 12.5. The Morgan fingerprint density at radius 1 is 1.35 bits per heavy atom. The molecule has 0 saturated heterocycles. The second kappa shape index (κ2) is 6.18. The van der Waals surface area contributed by atoms with E-state index in [4.69, 9.17) is 4.74 Å². The van der Waals surface area contributed by atoms with E-state index in [2.05, 4.69) is 13.8 Å². The number of carbonyl (C=O) groups excluding carboxylic acids is 2. The first-order valence-electron chi connectivity index (χ1n) is 6.73. The molecule has 0 amide bonds. The fourth-order valence-electron chi connectivity index (χ4n) is 3.21. The summed E-state index contributed by atoms with van der Waals surface area (Å²) in [6.07, 6.45) is 6.40. The first-order chi connectivity index (χ1) is 8.11. The highest BCUT2D eigenvalue weighted by Gasteiger charge is 2.46. The number of ether oxygens (including phenoxy) is 1. The topological polar surface area (TPSA) is 43.4 Å². The summed E-state index contributed by atoms with van der Waals surface area (Å²) in [6, 6.07) is 0. The number of rotatable bonds is 5. The number of Topliss-reactive ketones (excluding diaryl/α,β-unsaturated/α-hetero) is 1. The third-order valence-electron chi connectivity index (χ3n) is 3.93. The van der Waals surface area contributed by atoms with Crippen LogP contribution >= 0.6 is 0 Å². The maximum atomic E-state index is 12.5. The van der Waals surface area contributed by atoms with E-state index in [9.17, 15) is 9.59 Å². The Morgan fingerprint density at radius 3 is 2.41 bits per heavy atom. The lowest BCUT2D eigenvalue weighted by atomic mass is 9.64. The summed E-state index contributed by atoms with van der Waals surface area (Å²) in [7, 11) is 1.37. The minimum atomic E-state index is -0.508. The van der Waals surface area contributed by atoms with Crippen molar-refractivity contribution in [2.45, 2.75) is 58.8 Å². The molecule has 1 aliphatic rings. The van der Waals surface area contributed by atoms with Gasteiger partial charge in [0.05, 0.1) is 7.11 Å². The lowest BCUT2D eigenvalue weighted by Gasteiger charge is -2.38. The second-order valence-corrected chi connectivity index (χ2v) is 5.11. The van der Waals surface area contributed by atoms with Crippen LogP contribution in [0.2, 0.25) is 0 Å². The van der Waals surface area contributed by atoms with Crippen molar-refractivity contribution >= 4 is 11.8 Å². The van der Waals surface area contributed by atoms with Gasteiger partial charge in [-0.2, -0.15) is 0 Å². The molecule has 1 saturated carbocycles. The Balaban J connectivity index is 2.89. The van der Waals surface area contributed by atoms with E-state index in [1.165, 1.54) is 7.11 Å². The molecule has 0 radical (unpaired) electrons. The first kappa shape index (κ1) is 14.2. The number of carbonyl (C=O) groups is 2. The van der Waals surface area contributed by atoms with Crippen LogP contribution < -0.4 is 0 Å². The highest BCUT2D eigenvalue weighted by molar-refractivity contribution is 6.02. The van der Waals surface area contributed by atoms with E-state index in [1.54, 1.807) is 0 Å². The van der Waals surface area contributed by atoms with Gasteiger partial charge in [0.25, 0.3) is 0 Å². The van der Waals surface area contributed by atoms with Crippen LogP contribution in [0.25, 0.3) is 0 Å². The molecule has 3 heteroatoms. The van der Waals surface area contributed by atoms with E-state index in [-0.39, 0.29) is 17.2 Å². The van der Waals surface area contributed by atoms with E-state index in [0.717, 1.165) is 38.5 Å². The van der Waals surface area contributed by atoms with Gasteiger partial charge in [-0.05, 0) is 25.7 Å². The fourth-order valence-corrected chi connectivity index (χ4v) is 3.21. The van der Waals surface area contributed by atoms with Gasteiger partial charge in [-0.1, -0.05) is 33.1 Å². The SMILES string of the molecule is CCCC1(CCC)CCCC(C(=O)OC)C1=O. The number of esters is 1. The number of methoxy groups -OCH3 is 1. The molecule has 1 aliphatic carbocycles. The fraction of sp³-hybridized carbons (Fsp3) is 0.857. The number of hydrogen-bond acceptors (Lipinski definition) is 3. The first-order valence-corrected chi connectivity index (χ1v) is 6.73. The lowest BCUT2D eigenvalue weighted by molar-refractivity contribution is -0.155. The van der Waals surface area contributed by atoms with Gasteiger partial charge in [0.1, 0.15) is 5.92 Å². The van der Waals surface area contributed by atoms with Gasteiger partial charge < -0.3 is 4.74 Å². The van der Waals surface area contributed by atoms with Crippen molar-refractivity contribution in [1.82, 2.24) is 0 Å². The van der Waals surface area contributed by atoms with Gasteiger partial charge in [0.2, 0.25) is 0 Å². The molecule has 1 atom stereocenters. The molecule has 0 aromatic heterocycles. The molecule has 0 aliphatic heterocycles. The predicted molar refractivity (Wildman–Crippen MR) is 66.6 cm³/mol. The van der Waals surface area contributed by atoms with Crippen LogP contribution in [-0.4, -0.2) is 18.9 Å². The van der Waals surface area contributed by atoms with Gasteiger partial charge in [-0.25, -0.2) is 0 Å². The van der Waals surface area contributed by atoms with E-state index < -0.39 is 5.92 Å². The van der Waals surface area contributed by atoms with Gasteiger partial charge in [-0.15, -0.1) is 0 Å². The van der Waals surface area contributed by atoms with Crippen LogP contribution in [-0.2, 0) is 14.3 Å². The van der Waals surface area contributed by atoms with Crippen LogP contribution in [0.4, 0.5) is 0 Å². The molecule has 98 valence electrons. The van der Waals surface area contributed by atoms with Crippen molar-refractivity contribution in [3.8, 4) is 0 Å². The van der Waals surface area contributed by atoms with Crippen molar-refractivity contribution in [2.75, 3.05) is 7.11 Å². The summed E-state index contributed by atoms with van der Waals surface area (Å²) in [5.74, 6) is -0.711. The highest BCUT2D eigenvalue weighted by atomic mass is 16.5. The summed E-state index contributed by atoms with van der Waals surface area (Å²) in [4.78, 5) is 24.2. The number of hydrogen-bond donors (Lipinski definition) is 0. The number of ketones is 1. The van der Waals surface area contributed by atoms with Crippen LogP contribution in [0.5, 0.6) is 0 Å². The molecule has 1 rings (SSSR count). The van der Waals surface area contributed by atoms with Crippen LogP contribution in [0.15, 0.2) is 0 Å². The van der Waals surface area contributed by atoms with Crippen LogP contribution in [0.3, 0.4) is 0 Å². The van der Waals surface area contributed by atoms with Crippen LogP contribution in [0, 0.1) is 11.3 Å². The van der Waals surface area contributed by atoms with Crippen molar-refractivity contribution in [3.05, 3.63) is 0 Å². The maximum Gasteiger partial charge on any atom is 0.316 e. The minimum absolute atomic E-state index is 0.138. The molecular formula is C14H24O3. The molecule has 0 N–H and O–H groups in total. The summed E-state index contributed by atoms with van der Waals surface area (Å²) in [5, 5.41) is 0. The molecule has 0 aromatic rings. The van der Waals surface area contributed by atoms with Crippen molar-refractivity contribution in [1.29, 1.82) is 0 Å². The average molecular weight is 240 g/mol. The molecule has 0 heterocycles. The summed E-state index contributed by atoms with van der Waals surface area (Å²) in [5.41, 5.74) is -0.249. The van der Waals surface area contributed by atoms with Gasteiger partial charge in [-0.3, -0.25) is 9.59 Å². The Hall–Kier alpha value is -0.860. The summed E-state index contributed by atoms with van der Waals surface area (Å²) < 4.78 is 4.75. The zero-order valence-electron chi connectivity index (χ0n) is 11.3. The highest BCUT2D eigenvalue weighted by Crippen LogP contribution is 2.43. The molecule has 17 heavy (non-hydrogen) atoms. The summed E-state index contributed by atoms with van der Waals surface area (Å²) in [6.45, 7) is 4.21. The second-order valence-electron chi connectivity index (χ2n) is 5.11. The zero-order valence-corrected chi connectivity index (χ0v) is 11.3. The standard InChI is InChI=1S/C14H24O3/c1-4-8-14(9-5-2)10-6-7-11(12(14)15)13(16)17-3/h11H,4-10H2,1-3H3. The molecule has 1 unspecified atom stereocenters. The van der Waals surface area contributed by atoms with Crippen molar-refractivity contribution < 1.29 is 14.3 Å². The molecule has 3 nitrogen and oxygen atoms in total. The normalized spacial score (nSPS) is 23.5. The Morgan fingerprint density at radius 2 is 1.94 bits per heavy atom. The Kier molecular flexibility index (Phi) is 5.16. The third-order valence-corrected chi connectivity index (χ3v) is 3.93. The molecule has 0 aromatic carbocycles. The molecule has 0 bridgehead atoms. The van der Waals surface area contributed by atoms with Gasteiger partial charge in [0.15, 0.2) is 5.78 Å². The average Bonchev–Trinajstić information content (AvgIpc) is 2.32. The van der Waals surface area contributed by atoms with Gasteiger partial charge >= 0.3 is 5.97 Å². The van der Waals surface area contributed by atoms with E-state index in [1.807, 2.05) is 0 Å². The van der Waals surface area contributed by atoms with Crippen LogP contribution in [0.1, 0.15) is 58.8 Å². The quantitative estimate of drug-likeness (QED) is 0.548. The smallest absolute Gasteiger partial charge is 0.316 e. The minimum Gasteiger partial charge on any atom is -0.468 e. The van der Waals surface area contributed by atoms with Gasteiger partial charge in [0, 0.05) is 5.41 Å². The molecule has 1 fully saturated rings. The monoisotopic (exact) mass is 240 g/mol. The van der Waals surface area contributed by atoms with Crippen molar-refractivity contribution in [2.24, 2.45) is 11.3 Å². The Bertz CT molecular complexity index is 272. The van der Waals surface area contributed by atoms with E-state index in [0.29, 0.717) is 6.42 Å². The van der Waals surface area contributed by atoms with Crippen molar-refractivity contribution in [3.63, 3.8) is 0 Å². The Labute approximate surface area is 104 Å². The molecular weight excluding hydrogens is 216 g/mol. The zero-order chi connectivity index (χ0) is 12.9. The largest absolute Gasteiger partial charge is 0.468 e. The molecule has 0 spiro atoms.